The van der Waals surface area contributed by atoms with Crippen molar-refractivity contribution in [1.29, 1.82) is 0 Å². The molecule has 0 aliphatic carbocycles. The minimum absolute atomic E-state index is 0.211. The summed E-state index contributed by atoms with van der Waals surface area (Å²) in [6.45, 7) is 13.0. The fourth-order valence-corrected chi connectivity index (χ4v) is 3.40. The number of hydrogen-bond donors (Lipinski definition) is 1. The van der Waals surface area contributed by atoms with Gasteiger partial charge in [0.05, 0.1) is 5.57 Å². The van der Waals surface area contributed by atoms with E-state index in [4.69, 9.17) is 0 Å². The van der Waals surface area contributed by atoms with Gasteiger partial charge in [-0.25, -0.2) is 4.79 Å². The van der Waals surface area contributed by atoms with E-state index in [1.165, 1.54) is 11.6 Å². The minimum Gasteiger partial charge on any atom is -0.478 e. The van der Waals surface area contributed by atoms with Crippen molar-refractivity contribution in [1.82, 2.24) is 4.90 Å². The normalized spacial score (nSPS) is 13.4. The number of aliphatic carboxylic acids is 1. The number of carbonyl (C=O) groups excluding carboxylic acids is 1. The van der Waals surface area contributed by atoms with Gasteiger partial charge in [-0.2, -0.15) is 0 Å². The molecule has 158 valence electrons. The molecule has 0 atom stereocenters. The number of benzene rings is 1. The lowest BCUT2D eigenvalue weighted by molar-refractivity contribution is -0.133. The lowest BCUT2D eigenvalue weighted by Crippen LogP contribution is -2.24. The molecule has 1 aromatic rings. The van der Waals surface area contributed by atoms with Crippen LogP contribution in [-0.2, 0) is 29.1 Å². The summed E-state index contributed by atoms with van der Waals surface area (Å²) in [7, 11) is 0. The van der Waals surface area contributed by atoms with E-state index in [1.54, 1.807) is 6.08 Å². The van der Waals surface area contributed by atoms with Crippen LogP contribution in [-0.4, -0.2) is 21.9 Å². The summed E-state index contributed by atoms with van der Waals surface area (Å²) in [5.41, 5.74) is 4.48. The molecule has 0 saturated carbocycles. The quantitative estimate of drug-likeness (QED) is 0.422. The Bertz CT molecular complexity index is 774. The number of nitrogens with zero attached hydrogens (tertiary/aromatic N) is 1. The van der Waals surface area contributed by atoms with Crippen molar-refractivity contribution in [2.45, 2.75) is 72.9 Å². The molecule has 1 aliphatic heterocycles. The maximum Gasteiger partial charge on any atom is 0.335 e. The Kier molecular flexibility index (Phi) is 10.7. The average Bonchev–Trinajstić information content (AvgIpc) is 3.14. The van der Waals surface area contributed by atoms with Crippen molar-refractivity contribution in [2.75, 3.05) is 0 Å². The molecular weight excluding hydrogens is 362 g/mol. The summed E-state index contributed by atoms with van der Waals surface area (Å²) in [6, 6.07) is 6.22. The predicted octanol–water partition coefficient (Wildman–Crippen LogP) is 5.82. The summed E-state index contributed by atoms with van der Waals surface area (Å²) in [5.74, 6) is -0.730. The molecule has 0 bridgehead atoms. The third-order valence-corrected chi connectivity index (χ3v) is 4.80. The Labute approximate surface area is 175 Å². The molecule has 0 fully saturated rings. The van der Waals surface area contributed by atoms with Crippen LogP contribution in [0, 0.1) is 0 Å². The molecule has 0 saturated heterocycles. The lowest BCUT2D eigenvalue weighted by atomic mass is 9.95. The van der Waals surface area contributed by atoms with Crippen LogP contribution >= 0.6 is 0 Å². The van der Waals surface area contributed by atoms with E-state index in [2.05, 4.69) is 25.6 Å². The van der Waals surface area contributed by atoms with Gasteiger partial charge >= 0.3 is 5.97 Å². The van der Waals surface area contributed by atoms with Crippen LogP contribution in [0.5, 0.6) is 0 Å². The number of carboxylic acid groups (broad SMARTS) is 1. The van der Waals surface area contributed by atoms with Crippen molar-refractivity contribution >= 4 is 11.9 Å². The molecule has 4 heteroatoms. The summed E-state index contributed by atoms with van der Waals surface area (Å²) < 4.78 is 0. The number of carboxylic acids is 1. The molecule has 4 nitrogen and oxygen atoms in total. The Hall–Kier alpha value is -2.62. The monoisotopic (exact) mass is 397 g/mol. The highest BCUT2D eigenvalue weighted by molar-refractivity contribution is 5.92. The van der Waals surface area contributed by atoms with Gasteiger partial charge in [-0.3, -0.25) is 4.79 Å². The average molecular weight is 398 g/mol. The van der Waals surface area contributed by atoms with Gasteiger partial charge in [0.2, 0.25) is 5.91 Å². The summed E-state index contributed by atoms with van der Waals surface area (Å²) in [5, 5.41) is 9.50. The number of hydrogen-bond acceptors (Lipinski definition) is 2. The van der Waals surface area contributed by atoms with Crippen molar-refractivity contribution in [3.8, 4) is 0 Å². The molecule has 0 aromatic heterocycles. The molecule has 1 amide bonds. The van der Waals surface area contributed by atoms with Crippen LogP contribution in [0.25, 0.3) is 0 Å². The highest BCUT2D eigenvalue weighted by atomic mass is 16.4. The van der Waals surface area contributed by atoms with E-state index in [0.717, 1.165) is 36.0 Å². The van der Waals surface area contributed by atoms with Gasteiger partial charge < -0.3 is 10.0 Å². The number of allylic oxidation sites excluding steroid dienone is 3. The standard InChI is InChI=1S/C23H29NO3.C2H6/c1-4-7-10-22(25)24-15-19-12-11-17(14-20(19)16-24)13-18(8-5-2)21(9-6-3)23(26)27;1-2/h6,8-9,11-12,14H,3-5,7,10,13,15-16H2,1-2H3,(H,26,27);1-2H3/b18-8-,21-9+;. The van der Waals surface area contributed by atoms with Gasteiger partial charge in [0.1, 0.15) is 0 Å². The van der Waals surface area contributed by atoms with Crippen LogP contribution in [0.3, 0.4) is 0 Å². The molecule has 0 unspecified atom stereocenters. The molecule has 1 aromatic carbocycles. The largest absolute Gasteiger partial charge is 0.478 e. The Balaban J connectivity index is 0.00000204. The van der Waals surface area contributed by atoms with E-state index in [0.29, 0.717) is 25.9 Å². The second-order valence-corrected chi connectivity index (χ2v) is 6.89. The van der Waals surface area contributed by atoms with Gasteiger partial charge in [0, 0.05) is 19.5 Å². The molecule has 0 spiro atoms. The van der Waals surface area contributed by atoms with Crippen LogP contribution in [0.4, 0.5) is 0 Å². The first-order valence-corrected chi connectivity index (χ1v) is 10.6. The molecule has 29 heavy (non-hydrogen) atoms. The first-order valence-electron chi connectivity index (χ1n) is 10.6. The number of amides is 1. The minimum atomic E-state index is -0.941. The first kappa shape index (κ1) is 24.4. The Morgan fingerprint density at radius 1 is 1.17 bits per heavy atom. The number of carbonyl (C=O) groups is 2. The Morgan fingerprint density at radius 2 is 1.86 bits per heavy atom. The summed E-state index contributed by atoms with van der Waals surface area (Å²) >= 11 is 0. The number of unbranched alkanes of at least 4 members (excludes halogenated alkanes) is 1. The Morgan fingerprint density at radius 3 is 2.45 bits per heavy atom. The molecule has 0 radical (unpaired) electrons. The van der Waals surface area contributed by atoms with Gasteiger partial charge in [0.25, 0.3) is 0 Å². The number of rotatable bonds is 9. The first-order chi connectivity index (χ1) is 14.0. The van der Waals surface area contributed by atoms with Crippen molar-refractivity contribution in [3.05, 3.63) is 70.8 Å². The van der Waals surface area contributed by atoms with E-state index >= 15 is 0 Å². The highest BCUT2D eigenvalue weighted by Gasteiger charge is 2.23. The summed E-state index contributed by atoms with van der Waals surface area (Å²) in [6.07, 6.45) is 8.88. The molecule has 1 aliphatic rings. The van der Waals surface area contributed by atoms with Crippen LogP contribution in [0.2, 0.25) is 0 Å². The maximum absolute atomic E-state index is 12.3. The fraction of sp³-hybridized carbons (Fsp3) is 0.440. The highest BCUT2D eigenvalue weighted by Crippen LogP contribution is 2.27. The zero-order chi connectivity index (χ0) is 21.8. The zero-order valence-electron chi connectivity index (χ0n) is 18.3. The maximum atomic E-state index is 12.3. The second kappa shape index (κ2) is 12.8. The van der Waals surface area contributed by atoms with Crippen LogP contribution in [0.1, 0.15) is 70.1 Å². The van der Waals surface area contributed by atoms with Crippen LogP contribution in [0.15, 0.2) is 54.2 Å². The second-order valence-electron chi connectivity index (χ2n) is 6.89. The topological polar surface area (TPSA) is 57.6 Å². The number of fused-ring (bicyclic) bond motifs is 1. The van der Waals surface area contributed by atoms with Gasteiger partial charge in [0.15, 0.2) is 0 Å². The fourth-order valence-electron chi connectivity index (χ4n) is 3.40. The molecule has 2 rings (SSSR count). The third-order valence-electron chi connectivity index (χ3n) is 4.80. The van der Waals surface area contributed by atoms with E-state index in [1.807, 2.05) is 37.8 Å². The smallest absolute Gasteiger partial charge is 0.335 e. The lowest BCUT2D eigenvalue weighted by Gasteiger charge is -2.14. The van der Waals surface area contributed by atoms with Crippen LogP contribution < -0.4 is 0 Å². The predicted molar refractivity (Wildman–Crippen MR) is 120 cm³/mol. The zero-order valence-corrected chi connectivity index (χ0v) is 18.3. The third kappa shape index (κ3) is 7.04. The van der Waals surface area contributed by atoms with Gasteiger partial charge in [-0.1, -0.05) is 71.0 Å². The molecular formula is C25H35NO3. The van der Waals surface area contributed by atoms with Crippen molar-refractivity contribution < 1.29 is 14.7 Å². The van der Waals surface area contributed by atoms with E-state index in [-0.39, 0.29) is 11.5 Å². The van der Waals surface area contributed by atoms with Crippen molar-refractivity contribution in [3.63, 3.8) is 0 Å². The van der Waals surface area contributed by atoms with E-state index in [9.17, 15) is 14.7 Å². The SMILES string of the molecule is C=C/C=C(C(=O)O)\C(=C/CC)Cc1ccc2c(c1)CN(C(=O)CCCC)C2.CC. The van der Waals surface area contributed by atoms with Crippen molar-refractivity contribution in [2.24, 2.45) is 0 Å². The summed E-state index contributed by atoms with van der Waals surface area (Å²) in [4.78, 5) is 25.8. The van der Waals surface area contributed by atoms with Gasteiger partial charge in [-0.05, 0) is 47.6 Å². The van der Waals surface area contributed by atoms with E-state index < -0.39 is 5.97 Å². The molecule has 1 heterocycles. The molecule has 1 N–H and O–H groups in total. The van der Waals surface area contributed by atoms with Gasteiger partial charge in [-0.15, -0.1) is 0 Å².